The number of amides is 1. The Morgan fingerprint density at radius 2 is 1.00 bits per heavy atom. The van der Waals surface area contributed by atoms with E-state index < -0.39 is 11.7 Å². The molecule has 0 radical (unpaired) electrons. The molecule has 0 fully saturated rings. The second-order valence-corrected chi connectivity index (χ2v) is 7.36. The van der Waals surface area contributed by atoms with Crippen LogP contribution in [0.5, 0.6) is 0 Å². The standard InChI is InChI=1S/C22H41NO9/c1-5-7-25-9-11-27-13-15-29-17-19-31-20-18-30-16-14-28-12-10-26-8-6-23-21(24)32-22(2,3)4/h1H,6-20H2,2-4H3,(H,23,24). The van der Waals surface area contributed by atoms with E-state index in [1.54, 1.807) is 0 Å². The topological polar surface area (TPSA) is 103 Å². The molecule has 10 nitrogen and oxygen atoms in total. The first kappa shape index (κ1) is 30.6. The van der Waals surface area contributed by atoms with Gasteiger partial charge >= 0.3 is 6.09 Å². The Morgan fingerprint density at radius 3 is 1.34 bits per heavy atom. The number of terminal acetylenes is 1. The fourth-order valence-corrected chi connectivity index (χ4v) is 1.99. The molecule has 0 unspecified atom stereocenters. The molecule has 0 heterocycles. The number of hydrogen-bond donors (Lipinski definition) is 1. The van der Waals surface area contributed by atoms with Gasteiger partial charge in [0.15, 0.2) is 0 Å². The van der Waals surface area contributed by atoms with Gasteiger partial charge in [-0.3, -0.25) is 0 Å². The first-order valence-electron chi connectivity index (χ1n) is 10.9. The summed E-state index contributed by atoms with van der Waals surface area (Å²) in [5.41, 5.74) is -0.503. The maximum Gasteiger partial charge on any atom is 0.407 e. The molecule has 32 heavy (non-hydrogen) atoms. The van der Waals surface area contributed by atoms with Gasteiger partial charge in [-0.05, 0) is 20.8 Å². The van der Waals surface area contributed by atoms with Gasteiger partial charge in [0.25, 0.3) is 0 Å². The fraction of sp³-hybridized carbons (Fsp3) is 0.864. The number of rotatable bonds is 22. The van der Waals surface area contributed by atoms with Gasteiger partial charge in [0.1, 0.15) is 12.2 Å². The summed E-state index contributed by atoms with van der Waals surface area (Å²) in [6.45, 7) is 12.4. The van der Waals surface area contributed by atoms with E-state index in [2.05, 4.69) is 11.2 Å². The Kier molecular flexibility index (Phi) is 21.7. The molecular weight excluding hydrogens is 422 g/mol. The molecule has 0 aromatic carbocycles. The predicted octanol–water partition coefficient (Wildman–Crippen LogP) is 1.26. The van der Waals surface area contributed by atoms with Gasteiger partial charge in [-0.1, -0.05) is 5.92 Å². The van der Waals surface area contributed by atoms with Crippen LogP contribution in [-0.2, 0) is 37.9 Å². The molecule has 188 valence electrons. The predicted molar refractivity (Wildman–Crippen MR) is 119 cm³/mol. The van der Waals surface area contributed by atoms with Crippen molar-refractivity contribution in [3.05, 3.63) is 0 Å². The van der Waals surface area contributed by atoms with Crippen LogP contribution in [0.3, 0.4) is 0 Å². The van der Waals surface area contributed by atoms with Crippen molar-refractivity contribution in [2.75, 3.05) is 99.0 Å². The maximum atomic E-state index is 11.4. The lowest BCUT2D eigenvalue weighted by molar-refractivity contribution is -0.0196. The third-order valence-electron chi connectivity index (χ3n) is 3.33. The number of hydrogen-bond acceptors (Lipinski definition) is 9. The second-order valence-electron chi connectivity index (χ2n) is 7.36. The van der Waals surface area contributed by atoms with E-state index in [0.717, 1.165) is 0 Å². The van der Waals surface area contributed by atoms with E-state index in [1.807, 2.05) is 20.8 Å². The molecule has 0 bridgehead atoms. The van der Waals surface area contributed by atoms with E-state index in [0.29, 0.717) is 99.0 Å². The Labute approximate surface area is 192 Å². The number of carbonyl (C=O) groups excluding carboxylic acids is 1. The summed E-state index contributed by atoms with van der Waals surface area (Å²) in [6.07, 6.45) is 4.61. The zero-order chi connectivity index (χ0) is 23.8. The van der Waals surface area contributed by atoms with Gasteiger partial charge in [-0.2, -0.15) is 0 Å². The average molecular weight is 464 g/mol. The molecule has 1 amide bonds. The Bertz CT molecular complexity index is 463. The monoisotopic (exact) mass is 463 g/mol. The van der Waals surface area contributed by atoms with E-state index in [-0.39, 0.29) is 0 Å². The average Bonchev–Trinajstić information content (AvgIpc) is 2.73. The van der Waals surface area contributed by atoms with E-state index in [4.69, 9.17) is 44.3 Å². The highest BCUT2D eigenvalue weighted by Gasteiger charge is 2.15. The molecule has 0 aromatic rings. The zero-order valence-corrected chi connectivity index (χ0v) is 19.9. The van der Waals surface area contributed by atoms with Gasteiger partial charge in [-0.25, -0.2) is 4.79 Å². The summed E-state index contributed by atoms with van der Waals surface area (Å²) >= 11 is 0. The second kappa shape index (κ2) is 22.7. The van der Waals surface area contributed by atoms with Crippen LogP contribution in [0.1, 0.15) is 20.8 Å². The third-order valence-corrected chi connectivity index (χ3v) is 3.33. The normalized spacial score (nSPS) is 11.3. The number of carbonyl (C=O) groups is 1. The highest BCUT2D eigenvalue weighted by atomic mass is 16.6. The van der Waals surface area contributed by atoms with Crippen LogP contribution < -0.4 is 5.32 Å². The van der Waals surface area contributed by atoms with Gasteiger partial charge in [0.2, 0.25) is 0 Å². The van der Waals surface area contributed by atoms with Crippen molar-refractivity contribution in [2.24, 2.45) is 0 Å². The third kappa shape index (κ3) is 26.6. The molecule has 0 aliphatic carbocycles. The van der Waals surface area contributed by atoms with Crippen LogP contribution in [0.15, 0.2) is 0 Å². The lowest BCUT2D eigenvalue weighted by atomic mass is 10.2. The number of nitrogens with one attached hydrogen (secondary N) is 1. The van der Waals surface area contributed by atoms with Crippen LogP contribution in [0, 0.1) is 12.3 Å². The Balaban J connectivity index is 3.11. The van der Waals surface area contributed by atoms with Crippen molar-refractivity contribution in [1.29, 1.82) is 0 Å². The van der Waals surface area contributed by atoms with Crippen LogP contribution in [0.2, 0.25) is 0 Å². The molecule has 0 spiro atoms. The van der Waals surface area contributed by atoms with E-state index in [1.165, 1.54) is 0 Å². The zero-order valence-electron chi connectivity index (χ0n) is 19.9. The van der Waals surface area contributed by atoms with Crippen molar-refractivity contribution in [2.45, 2.75) is 26.4 Å². The summed E-state index contributed by atoms with van der Waals surface area (Å²) in [5.74, 6) is 2.39. The van der Waals surface area contributed by atoms with Gasteiger partial charge in [0.05, 0.1) is 85.9 Å². The van der Waals surface area contributed by atoms with Crippen molar-refractivity contribution >= 4 is 6.09 Å². The largest absolute Gasteiger partial charge is 0.444 e. The minimum Gasteiger partial charge on any atom is -0.444 e. The van der Waals surface area contributed by atoms with Crippen LogP contribution in [-0.4, -0.2) is 111 Å². The summed E-state index contributed by atoms with van der Waals surface area (Å²) < 4.78 is 42.4. The molecule has 0 saturated carbocycles. The summed E-state index contributed by atoms with van der Waals surface area (Å²) in [5, 5.41) is 2.62. The van der Waals surface area contributed by atoms with E-state index in [9.17, 15) is 4.79 Å². The van der Waals surface area contributed by atoms with Crippen molar-refractivity contribution < 1.29 is 42.7 Å². The molecule has 0 aliphatic heterocycles. The fourth-order valence-electron chi connectivity index (χ4n) is 1.99. The van der Waals surface area contributed by atoms with Gasteiger partial charge in [-0.15, -0.1) is 6.42 Å². The first-order valence-corrected chi connectivity index (χ1v) is 10.9. The molecule has 0 aromatic heterocycles. The van der Waals surface area contributed by atoms with Crippen LogP contribution >= 0.6 is 0 Å². The van der Waals surface area contributed by atoms with Gasteiger partial charge in [0, 0.05) is 6.54 Å². The van der Waals surface area contributed by atoms with Crippen LogP contribution in [0.25, 0.3) is 0 Å². The minimum atomic E-state index is -0.503. The Morgan fingerprint density at radius 1 is 0.656 bits per heavy atom. The van der Waals surface area contributed by atoms with Gasteiger partial charge < -0.3 is 43.2 Å². The minimum absolute atomic E-state index is 0.306. The highest BCUT2D eigenvalue weighted by Crippen LogP contribution is 2.05. The van der Waals surface area contributed by atoms with Crippen LogP contribution in [0.4, 0.5) is 4.79 Å². The number of ether oxygens (including phenoxy) is 8. The molecule has 0 aliphatic rings. The highest BCUT2D eigenvalue weighted by molar-refractivity contribution is 5.67. The molecular formula is C22H41NO9. The molecule has 10 heteroatoms. The van der Waals surface area contributed by atoms with E-state index >= 15 is 0 Å². The SMILES string of the molecule is C#CCOCCOCCOCCOCCOCCOCCOCCNC(=O)OC(C)(C)C. The van der Waals surface area contributed by atoms with Crippen molar-refractivity contribution in [3.63, 3.8) is 0 Å². The summed E-state index contributed by atoms with van der Waals surface area (Å²) in [6, 6.07) is 0. The lowest BCUT2D eigenvalue weighted by Crippen LogP contribution is -2.34. The molecule has 0 atom stereocenters. The Hall–Kier alpha value is -1.45. The molecule has 0 saturated heterocycles. The molecule has 0 rings (SSSR count). The number of alkyl carbamates (subject to hydrolysis) is 1. The van der Waals surface area contributed by atoms with Crippen molar-refractivity contribution in [3.8, 4) is 12.3 Å². The summed E-state index contributed by atoms with van der Waals surface area (Å²) in [4.78, 5) is 11.4. The lowest BCUT2D eigenvalue weighted by Gasteiger charge is -2.19. The smallest absolute Gasteiger partial charge is 0.407 e. The summed E-state index contributed by atoms with van der Waals surface area (Å²) in [7, 11) is 0. The van der Waals surface area contributed by atoms with Crippen molar-refractivity contribution in [1.82, 2.24) is 5.32 Å². The first-order chi connectivity index (χ1) is 15.5. The maximum absolute atomic E-state index is 11.4. The quantitative estimate of drug-likeness (QED) is 0.188. The molecule has 1 N–H and O–H groups in total.